The molecule has 5 heteroatoms. The number of aromatic hydroxyl groups is 1. The van der Waals surface area contributed by atoms with Gasteiger partial charge < -0.3 is 9.67 Å². The molecule has 0 unspecified atom stereocenters. The van der Waals surface area contributed by atoms with E-state index in [0.29, 0.717) is 5.56 Å². The number of hydrogen-bond donors (Lipinski definition) is 1. The van der Waals surface area contributed by atoms with Gasteiger partial charge in [-0.15, -0.1) is 0 Å². The van der Waals surface area contributed by atoms with Crippen LogP contribution < -0.4 is 0 Å². The van der Waals surface area contributed by atoms with Crippen molar-refractivity contribution < 1.29 is 5.11 Å². The summed E-state index contributed by atoms with van der Waals surface area (Å²) in [5, 5.41) is 10.0. The Morgan fingerprint density at radius 2 is 1.75 bits per heavy atom. The minimum absolute atomic E-state index is 0.126. The summed E-state index contributed by atoms with van der Waals surface area (Å²) < 4.78 is 2.11. The van der Waals surface area contributed by atoms with Crippen molar-refractivity contribution in [3.05, 3.63) is 36.9 Å². The predicted molar refractivity (Wildman–Crippen MR) is 77.4 cm³/mol. The molecule has 20 heavy (non-hydrogen) atoms. The maximum Gasteiger partial charge on any atom is 0.145 e. The molecule has 3 rings (SSSR count). The van der Waals surface area contributed by atoms with Crippen molar-refractivity contribution >= 4 is 11.0 Å². The first-order chi connectivity index (χ1) is 9.48. The first-order valence-electron chi connectivity index (χ1n) is 6.45. The second-order valence-electron chi connectivity index (χ2n) is 5.70. The van der Waals surface area contributed by atoms with E-state index >= 15 is 0 Å². The molecule has 0 aromatic carbocycles. The molecular weight excluding hydrogens is 252 g/mol. The lowest BCUT2D eigenvalue weighted by atomic mass is 10.1. The molecule has 3 heterocycles. The summed E-state index contributed by atoms with van der Waals surface area (Å²) in [6.45, 7) is 6.32. The zero-order valence-electron chi connectivity index (χ0n) is 11.7. The number of pyridine rings is 2. The fourth-order valence-electron chi connectivity index (χ4n) is 2.37. The van der Waals surface area contributed by atoms with Crippen molar-refractivity contribution in [2.24, 2.45) is 0 Å². The van der Waals surface area contributed by atoms with E-state index in [4.69, 9.17) is 0 Å². The van der Waals surface area contributed by atoms with Gasteiger partial charge in [-0.2, -0.15) is 0 Å². The molecule has 0 radical (unpaired) electrons. The minimum Gasteiger partial charge on any atom is -0.506 e. The van der Waals surface area contributed by atoms with E-state index in [1.807, 2.05) is 6.07 Å². The lowest BCUT2D eigenvalue weighted by Gasteiger charge is -2.24. The molecule has 0 bridgehead atoms. The van der Waals surface area contributed by atoms with Crippen LogP contribution in [0.4, 0.5) is 0 Å². The molecule has 0 aliphatic carbocycles. The third-order valence-corrected chi connectivity index (χ3v) is 3.17. The third-order valence-electron chi connectivity index (χ3n) is 3.17. The van der Waals surface area contributed by atoms with Crippen molar-refractivity contribution in [3.63, 3.8) is 0 Å². The second-order valence-corrected chi connectivity index (χ2v) is 5.70. The highest BCUT2D eigenvalue weighted by Crippen LogP contribution is 2.34. The Balaban J connectivity index is 2.39. The molecule has 0 spiro atoms. The topological polar surface area (TPSA) is 63.8 Å². The molecule has 0 amide bonds. The van der Waals surface area contributed by atoms with Gasteiger partial charge >= 0.3 is 0 Å². The van der Waals surface area contributed by atoms with Crippen LogP contribution in [0.15, 0.2) is 36.9 Å². The highest BCUT2D eigenvalue weighted by atomic mass is 16.3. The Morgan fingerprint density at radius 1 is 1.05 bits per heavy atom. The molecule has 102 valence electrons. The van der Waals surface area contributed by atoms with Crippen molar-refractivity contribution in [1.29, 1.82) is 0 Å². The van der Waals surface area contributed by atoms with Gasteiger partial charge in [0.1, 0.15) is 17.1 Å². The van der Waals surface area contributed by atoms with Crippen molar-refractivity contribution in [2.45, 2.75) is 26.3 Å². The summed E-state index contributed by atoms with van der Waals surface area (Å²) in [7, 11) is 0. The molecule has 3 aromatic heterocycles. The molecule has 0 atom stereocenters. The Kier molecular flexibility index (Phi) is 2.71. The Labute approximate surface area is 117 Å². The summed E-state index contributed by atoms with van der Waals surface area (Å²) >= 11 is 0. The van der Waals surface area contributed by atoms with E-state index in [-0.39, 0.29) is 11.3 Å². The average Bonchev–Trinajstić information content (AvgIpc) is 2.78. The van der Waals surface area contributed by atoms with Crippen molar-refractivity contribution in [2.75, 3.05) is 0 Å². The van der Waals surface area contributed by atoms with Crippen molar-refractivity contribution in [1.82, 2.24) is 19.5 Å². The number of rotatable bonds is 1. The Bertz CT molecular complexity index is 771. The third kappa shape index (κ3) is 1.91. The molecule has 0 fully saturated rings. The zero-order chi connectivity index (χ0) is 14.3. The van der Waals surface area contributed by atoms with Crippen LogP contribution in [0.5, 0.6) is 5.75 Å². The van der Waals surface area contributed by atoms with Crippen LogP contribution in [0, 0.1) is 0 Å². The molecule has 0 saturated carbocycles. The van der Waals surface area contributed by atoms with Crippen LogP contribution in [0.2, 0.25) is 0 Å². The van der Waals surface area contributed by atoms with E-state index in [1.54, 1.807) is 24.7 Å². The van der Waals surface area contributed by atoms with Crippen LogP contribution in [0.25, 0.3) is 22.4 Å². The standard InChI is InChI=1S/C15H16N4O/c1-15(2,3)19-12-5-7-16-8-11(12)18-14(19)10-4-6-17-9-13(10)20/h4-9,20H,1-3H3. The van der Waals surface area contributed by atoms with Crippen molar-refractivity contribution in [3.8, 4) is 17.1 Å². The summed E-state index contributed by atoms with van der Waals surface area (Å²) in [5.41, 5.74) is 2.32. The second kappa shape index (κ2) is 4.30. The number of aromatic nitrogens is 4. The van der Waals surface area contributed by atoms with E-state index < -0.39 is 0 Å². The molecular formula is C15H16N4O. The molecule has 0 aliphatic rings. The highest BCUT2D eigenvalue weighted by molar-refractivity contribution is 5.81. The maximum absolute atomic E-state index is 10.0. The number of hydrogen-bond acceptors (Lipinski definition) is 4. The average molecular weight is 268 g/mol. The first kappa shape index (κ1) is 12.6. The minimum atomic E-state index is -0.166. The van der Waals surface area contributed by atoms with Gasteiger partial charge in [0.2, 0.25) is 0 Å². The first-order valence-corrected chi connectivity index (χ1v) is 6.45. The van der Waals surface area contributed by atoms with E-state index in [2.05, 4.69) is 40.3 Å². The summed E-state index contributed by atoms with van der Waals surface area (Å²) in [6, 6.07) is 3.71. The van der Waals surface area contributed by atoms with E-state index in [9.17, 15) is 5.11 Å². The normalized spacial score (nSPS) is 11.9. The Hall–Kier alpha value is -2.43. The fraction of sp³-hybridized carbons (Fsp3) is 0.267. The van der Waals surface area contributed by atoms with Gasteiger partial charge in [-0.25, -0.2) is 4.98 Å². The van der Waals surface area contributed by atoms with Gasteiger partial charge in [0.05, 0.1) is 23.5 Å². The highest BCUT2D eigenvalue weighted by Gasteiger charge is 2.23. The largest absolute Gasteiger partial charge is 0.506 e. The van der Waals surface area contributed by atoms with Gasteiger partial charge in [-0.1, -0.05) is 0 Å². The van der Waals surface area contributed by atoms with Crippen LogP contribution in [-0.4, -0.2) is 24.6 Å². The Morgan fingerprint density at radius 3 is 2.45 bits per heavy atom. The maximum atomic E-state index is 10.0. The lowest BCUT2D eigenvalue weighted by molar-refractivity contribution is 0.411. The zero-order valence-corrected chi connectivity index (χ0v) is 11.7. The SMILES string of the molecule is CC(C)(C)n1c(-c2ccncc2O)nc2cnccc21. The van der Waals surface area contributed by atoms with Crippen LogP contribution >= 0.6 is 0 Å². The van der Waals surface area contributed by atoms with Gasteiger partial charge in [0, 0.05) is 17.9 Å². The van der Waals surface area contributed by atoms with Crippen LogP contribution in [-0.2, 0) is 5.54 Å². The molecule has 1 N–H and O–H groups in total. The van der Waals surface area contributed by atoms with E-state index in [0.717, 1.165) is 16.9 Å². The van der Waals surface area contributed by atoms with Gasteiger partial charge in [-0.3, -0.25) is 9.97 Å². The smallest absolute Gasteiger partial charge is 0.145 e. The molecule has 3 aromatic rings. The van der Waals surface area contributed by atoms with Crippen LogP contribution in [0.1, 0.15) is 20.8 Å². The lowest BCUT2D eigenvalue weighted by Crippen LogP contribution is -2.22. The van der Waals surface area contributed by atoms with Crippen LogP contribution in [0.3, 0.4) is 0 Å². The quantitative estimate of drug-likeness (QED) is 0.737. The number of imidazole rings is 1. The molecule has 0 aliphatic heterocycles. The summed E-state index contributed by atoms with van der Waals surface area (Å²) in [4.78, 5) is 12.7. The van der Waals surface area contributed by atoms with E-state index in [1.165, 1.54) is 6.20 Å². The van der Waals surface area contributed by atoms with Gasteiger partial charge in [0.15, 0.2) is 0 Å². The predicted octanol–water partition coefficient (Wildman–Crippen LogP) is 2.95. The number of fused-ring (bicyclic) bond motifs is 1. The monoisotopic (exact) mass is 268 g/mol. The van der Waals surface area contributed by atoms with Gasteiger partial charge in [0.25, 0.3) is 0 Å². The fourth-order valence-corrected chi connectivity index (χ4v) is 2.37. The van der Waals surface area contributed by atoms with Gasteiger partial charge in [-0.05, 0) is 32.9 Å². The summed E-state index contributed by atoms with van der Waals surface area (Å²) in [6.07, 6.45) is 6.57. The number of nitrogens with zero attached hydrogens (tertiary/aromatic N) is 4. The molecule has 5 nitrogen and oxygen atoms in total. The molecule has 0 saturated heterocycles. The summed E-state index contributed by atoms with van der Waals surface area (Å²) in [5.74, 6) is 0.849.